The van der Waals surface area contributed by atoms with Gasteiger partial charge in [-0.05, 0) is 25.0 Å². The molecule has 0 spiro atoms. The van der Waals surface area contributed by atoms with E-state index < -0.39 is 0 Å². The molecule has 1 aromatic rings. The van der Waals surface area contributed by atoms with Crippen LogP contribution in [-0.2, 0) is 6.54 Å². The quantitative estimate of drug-likeness (QED) is 0.881. The Labute approximate surface area is 103 Å². The van der Waals surface area contributed by atoms with E-state index in [2.05, 4.69) is 30.7 Å². The van der Waals surface area contributed by atoms with E-state index >= 15 is 0 Å². The summed E-state index contributed by atoms with van der Waals surface area (Å²) >= 11 is 5.98. The number of anilines is 1. The van der Waals surface area contributed by atoms with E-state index in [0.717, 1.165) is 11.5 Å². The zero-order chi connectivity index (χ0) is 12.3. The minimum atomic E-state index is 0.372. The molecule has 1 atom stereocenters. The number of hydrogen-bond donors (Lipinski definition) is 1. The molecule has 1 rings (SSSR count). The summed E-state index contributed by atoms with van der Waals surface area (Å²) in [5.74, 6) is 1.50. The van der Waals surface area contributed by atoms with Gasteiger partial charge in [0.1, 0.15) is 5.82 Å². The van der Waals surface area contributed by atoms with E-state index in [-0.39, 0.29) is 0 Å². The third kappa shape index (κ3) is 2.86. The number of nitrogens with zero attached hydrogens (tertiary/aromatic N) is 2. The maximum atomic E-state index is 5.98. The van der Waals surface area contributed by atoms with Crippen LogP contribution in [0.1, 0.15) is 26.5 Å². The van der Waals surface area contributed by atoms with Gasteiger partial charge in [0.15, 0.2) is 0 Å². The van der Waals surface area contributed by atoms with Crippen LogP contribution in [-0.4, -0.2) is 18.1 Å². The van der Waals surface area contributed by atoms with Crippen LogP contribution < -0.4 is 10.6 Å². The number of hydrogen-bond acceptors (Lipinski definition) is 3. The van der Waals surface area contributed by atoms with E-state index in [1.807, 2.05) is 19.2 Å². The Bertz CT molecular complexity index is 352. The SMILES string of the molecule is CC(C)C(C)N(C)c1ccc(Cl)c(CN)n1. The van der Waals surface area contributed by atoms with Gasteiger partial charge in [0.2, 0.25) is 0 Å². The molecule has 4 heteroatoms. The molecule has 0 amide bonds. The number of nitrogens with two attached hydrogens (primary N) is 1. The molecular formula is C12H20ClN3. The van der Waals surface area contributed by atoms with E-state index in [9.17, 15) is 0 Å². The van der Waals surface area contributed by atoms with Crippen LogP contribution in [0.4, 0.5) is 5.82 Å². The average molecular weight is 242 g/mol. The van der Waals surface area contributed by atoms with E-state index in [4.69, 9.17) is 17.3 Å². The molecular weight excluding hydrogens is 222 g/mol. The van der Waals surface area contributed by atoms with E-state index in [1.54, 1.807) is 0 Å². The van der Waals surface area contributed by atoms with Gasteiger partial charge in [0, 0.05) is 19.6 Å². The molecule has 0 radical (unpaired) electrons. The van der Waals surface area contributed by atoms with Crippen LogP contribution in [0, 0.1) is 5.92 Å². The maximum absolute atomic E-state index is 5.98. The molecule has 0 bridgehead atoms. The fraction of sp³-hybridized carbons (Fsp3) is 0.583. The van der Waals surface area contributed by atoms with Gasteiger partial charge in [-0.3, -0.25) is 0 Å². The van der Waals surface area contributed by atoms with Crippen LogP contribution in [0.5, 0.6) is 0 Å². The molecule has 16 heavy (non-hydrogen) atoms. The van der Waals surface area contributed by atoms with Gasteiger partial charge in [0.25, 0.3) is 0 Å². The number of rotatable bonds is 4. The lowest BCUT2D eigenvalue weighted by molar-refractivity contribution is 0.502. The minimum Gasteiger partial charge on any atom is -0.357 e. The average Bonchev–Trinajstić information content (AvgIpc) is 2.27. The summed E-state index contributed by atoms with van der Waals surface area (Å²) in [5, 5.41) is 0.636. The molecule has 2 N–H and O–H groups in total. The van der Waals surface area contributed by atoms with Crippen LogP contribution in [0.2, 0.25) is 5.02 Å². The first kappa shape index (κ1) is 13.3. The van der Waals surface area contributed by atoms with Crippen molar-refractivity contribution in [3.05, 3.63) is 22.8 Å². The van der Waals surface area contributed by atoms with Gasteiger partial charge >= 0.3 is 0 Å². The fourth-order valence-corrected chi connectivity index (χ4v) is 1.65. The highest BCUT2D eigenvalue weighted by molar-refractivity contribution is 6.31. The molecule has 1 unspecified atom stereocenters. The molecule has 0 aliphatic carbocycles. The molecule has 1 aromatic heterocycles. The molecule has 3 nitrogen and oxygen atoms in total. The van der Waals surface area contributed by atoms with E-state index in [1.165, 1.54) is 0 Å². The first-order chi connectivity index (χ1) is 7.47. The van der Waals surface area contributed by atoms with Crippen molar-refractivity contribution >= 4 is 17.4 Å². The summed E-state index contributed by atoms with van der Waals surface area (Å²) in [6.45, 7) is 6.95. The number of pyridine rings is 1. The second-order valence-corrected chi connectivity index (χ2v) is 4.80. The number of aromatic nitrogens is 1. The Hall–Kier alpha value is -0.800. The van der Waals surface area contributed by atoms with Crippen molar-refractivity contribution < 1.29 is 0 Å². The Balaban J connectivity index is 2.96. The Morgan fingerprint density at radius 3 is 2.50 bits per heavy atom. The molecule has 0 fully saturated rings. The zero-order valence-electron chi connectivity index (χ0n) is 10.4. The molecule has 0 saturated carbocycles. The second-order valence-electron chi connectivity index (χ2n) is 4.40. The topological polar surface area (TPSA) is 42.1 Å². The van der Waals surface area contributed by atoms with Crippen molar-refractivity contribution in [2.75, 3.05) is 11.9 Å². The highest BCUT2D eigenvalue weighted by Gasteiger charge is 2.15. The first-order valence-electron chi connectivity index (χ1n) is 5.55. The smallest absolute Gasteiger partial charge is 0.128 e. The lowest BCUT2D eigenvalue weighted by Gasteiger charge is -2.29. The van der Waals surface area contributed by atoms with Gasteiger partial charge < -0.3 is 10.6 Å². The molecule has 0 aliphatic rings. The molecule has 0 aromatic carbocycles. The number of halogens is 1. The molecule has 0 saturated heterocycles. The summed E-state index contributed by atoms with van der Waals surface area (Å²) in [6, 6.07) is 4.22. The lowest BCUT2D eigenvalue weighted by Crippen LogP contribution is -2.33. The lowest BCUT2D eigenvalue weighted by atomic mass is 10.1. The fourth-order valence-electron chi connectivity index (χ4n) is 1.47. The van der Waals surface area contributed by atoms with Crippen molar-refractivity contribution in [3.63, 3.8) is 0 Å². The zero-order valence-corrected chi connectivity index (χ0v) is 11.1. The maximum Gasteiger partial charge on any atom is 0.128 e. The standard InChI is InChI=1S/C12H20ClN3/c1-8(2)9(3)16(4)12-6-5-10(13)11(7-14)15-12/h5-6,8-9H,7,14H2,1-4H3. The van der Waals surface area contributed by atoms with E-state index in [0.29, 0.717) is 23.5 Å². The second kappa shape index (κ2) is 5.51. The van der Waals surface area contributed by atoms with Gasteiger partial charge in [-0.1, -0.05) is 25.4 Å². The third-order valence-corrected chi connectivity index (χ3v) is 3.38. The largest absolute Gasteiger partial charge is 0.357 e. The predicted octanol–water partition coefficient (Wildman–Crippen LogP) is 2.67. The summed E-state index contributed by atoms with van der Waals surface area (Å²) < 4.78 is 0. The molecule has 1 heterocycles. The predicted molar refractivity (Wildman–Crippen MR) is 69.8 cm³/mol. The van der Waals surface area contributed by atoms with Gasteiger partial charge in [0.05, 0.1) is 10.7 Å². The minimum absolute atomic E-state index is 0.372. The summed E-state index contributed by atoms with van der Waals surface area (Å²) in [4.78, 5) is 6.62. The van der Waals surface area contributed by atoms with Crippen molar-refractivity contribution in [1.82, 2.24) is 4.98 Å². The van der Waals surface area contributed by atoms with Gasteiger partial charge in [-0.15, -0.1) is 0 Å². The Kier molecular flexibility index (Phi) is 4.56. The molecule has 0 aliphatic heterocycles. The summed E-state index contributed by atoms with van der Waals surface area (Å²) in [6.07, 6.45) is 0. The normalized spacial score (nSPS) is 12.9. The summed E-state index contributed by atoms with van der Waals surface area (Å²) in [7, 11) is 2.04. The van der Waals surface area contributed by atoms with Crippen LogP contribution in [0.15, 0.2) is 12.1 Å². The monoisotopic (exact) mass is 241 g/mol. The van der Waals surface area contributed by atoms with Crippen molar-refractivity contribution in [2.45, 2.75) is 33.4 Å². The highest BCUT2D eigenvalue weighted by atomic mass is 35.5. The first-order valence-corrected chi connectivity index (χ1v) is 5.93. The highest BCUT2D eigenvalue weighted by Crippen LogP contribution is 2.21. The van der Waals surface area contributed by atoms with Crippen molar-refractivity contribution in [3.8, 4) is 0 Å². The van der Waals surface area contributed by atoms with Crippen LogP contribution in [0.25, 0.3) is 0 Å². The van der Waals surface area contributed by atoms with Gasteiger partial charge in [-0.25, -0.2) is 4.98 Å². The van der Waals surface area contributed by atoms with Gasteiger partial charge in [-0.2, -0.15) is 0 Å². The van der Waals surface area contributed by atoms with Crippen LogP contribution in [0.3, 0.4) is 0 Å². The third-order valence-electron chi connectivity index (χ3n) is 3.03. The van der Waals surface area contributed by atoms with Crippen LogP contribution >= 0.6 is 11.6 Å². The van der Waals surface area contributed by atoms with Crippen molar-refractivity contribution in [2.24, 2.45) is 11.7 Å². The molecule has 90 valence electrons. The Morgan fingerprint density at radius 1 is 1.38 bits per heavy atom. The van der Waals surface area contributed by atoms with Crippen molar-refractivity contribution in [1.29, 1.82) is 0 Å². The summed E-state index contributed by atoms with van der Waals surface area (Å²) in [5.41, 5.74) is 6.34. The Morgan fingerprint density at radius 2 is 2.00 bits per heavy atom.